The third kappa shape index (κ3) is 20.5. The number of rotatable bonds is 22. The molecule has 1 unspecified atom stereocenters. The van der Waals surface area contributed by atoms with Crippen LogP contribution in [0.25, 0.3) is 0 Å². The first-order valence-electron chi connectivity index (χ1n) is 10.8. The smallest absolute Gasteiger partial charge is 0.326 e. The third-order valence-corrected chi connectivity index (χ3v) is 4.49. The van der Waals surface area contributed by atoms with Gasteiger partial charge in [-0.25, -0.2) is 4.79 Å². The lowest BCUT2D eigenvalue weighted by Gasteiger charge is -2.14. The van der Waals surface area contributed by atoms with Crippen LogP contribution < -0.4 is 16.0 Å². The number of hydrogen-bond donors (Lipinski definition) is 4. The summed E-state index contributed by atoms with van der Waals surface area (Å²) in [7, 11) is 0. The van der Waals surface area contributed by atoms with Gasteiger partial charge >= 0.3 is 5.97 Å². The molecule has 13 heteroatoms. The van der Waals surface area contributed by atoms with E-state index < -0.39 is 17.9 Å². The first-order chi connectivity index (χ1) is 15.9. The van der Waals surface area contributed by atoms with Gasteiger partial charge in [0.15, 0.2) is 0 Å². The lowest BCUT2D eigenvalue weighted by Crippen LogP contribution is -2.42. The molecular formula is C20H36BrN3O9. The number of aliphatic carboxylic acids is 1. The van der Waals surface area contributed by atoms with E-state index in [1.807, 2.05) is 6.92 Å². The SMILES string of the molecule is CCOCCOCC(=O)NCCOCCOCC(=O)NC(CCCCNC(=O)CBr)C(=O)O. The van der Waals surface area contributed by atoms with E-state index in [0.717, 1.165) is 0 Å². The van der Waals surface area contributed by atoms with Gasteiger partial charge in [-0.2, -0.15) is 0 Å². The van der Waals surface area contributed by atoms with Crippen LogP contribution >= 0.6 is 15.9 Å². The maximum absolute atomic E-state index is 11.9. The van der Waals surface area contributed by atoms with E-state index in [0.29, 0.717) is 45.8 Å². The molecule has 0 fully saturated rings. The Bertz CT molecular complexity index is 567. The lowest BCUT2D eigenvalue weighted by molar-refractivity contribution is -0.142. The fourth-order valence-electron chi connectivity index (χ4n) is 2.37. The van der Waals surface area contributed by atoms with Crippen molar-refractivity contribution in [2.75, 3.05) is 71.3 Å². The van der Waals surface area contributed by atoms with Crippen LogP contribution in [0.4, 0.5) is 0 Å². The Hall–Kier alpha value is -1.80. The number of carboxylic acid groups (broad SMARTS) is 1. The number of halogens is 1. The normalized spacial score (nSPS) is 11.6. The first-order valence-corrected chi connectivity index (χ1v) is 11.9. The summed E-state index contributed by atoms with van der Waals surface area (Å²) in [4.78, 5) is 45.7. The van der Waals surface area contributed by atoms with Crippen LogP contribution in [0.1, 0.15) is 26.2 Å². The number of carbonyl (C=O) groups is 4. The standard InChI is InChI=1S/C20H36BrN3O9/c1-2-30-9-11-32-14-18(26)23-7-8-31-10-12-33-15-19(27)24-16(20(28)29)5-3-4-6-22-17(25)13-21/h16H,2-15H2,1H3,(H,22,25)(H,23,26)(H,24,27)(H,28,29). The minimum Gasteiger partial charge on any atom is -0.480 e. The number of alkyl halides is 1. The fraction of sp³-hybridized carbons (Fsp3) is 0.800. The van der Waals surface area contributed by atoms with Gasteiger partial charge in [-0.15, -0.1) is 0 Å². The van der Waals surface area contributed by atoms with Gasteiger partial charge in [0.2, 0.25) is 17.7 Å². The predicted molar refractivity (Wildman–Crippen MR) is 122 cm³/mol. The zero-order chi connectivity index (χ0) is 24.7. The minimum absolute atomic E-state index is 0.0453. The molecule has 33 heavy (non-hydrogen) atoms. The van der Waals surface area contributed by atoms with Crippen LogP contribution in [0.15, 0.2) is 0 Å². The monoisotopic (exact) mass is 541 g/mol. The molecule has 0 aliphatic carbocycles. The number of ether oxygens (including phenoxy) is 4. The maximum atomic E-state index is 11.9. The van der Waals surface area contributed by atoms with Crippen LogP contribution in [-0.4, -0.2) is 106 Å². The molecule has 4 N–H and O–H groups in total. The second-order valence-electron chi connectivity index (χ2n) is 6.70. The number of carbonyl (C=O) groups excluding carboxylic acids is 3. The highest BCUT2D eigenvalue weighted by Crippen LogP contribution is 2.01. The van der Waals surface area contributed by atoms with E-state index in [2.05, 4.69) is 31.9 Å². The molecule has 0 rings (SSSR count). The van der Waals surface area contributed by atoms with Gasteiger partial charge in [-0.05, 0) is 26.2 Å². The molecule has 0 saturated carbocycles. The molecule has 0 aliphatic heterocycles. The summed E-state index contributed by atoms with van der Waals surface area (Å²) in [6.07, 6.45) is 1.38. The Balaban J connectivity index is 3.69. The van der Waals surface area contributed by atoms with E-state index in [1.54, 1.807) is 0 Å². The van der Waals surface area contributed by atoms with Crippen LogP contribution in [-0.2, 0) is 38.1 Å². The van der Waals surface area contributed by atoms with Crippen molar-refractivity contribution in [1.82, 2.24) is 16.0 Å². The highest BCUT2D eigenvalue weighted by atomic mass is 79.9. The van der Waals surface area contributed by atoms with Crippen molar-refractivity contribution in [3.8, 4) is 0 Å². The summed E-state index contributed by atoms with van der Waals surface area (Å²) in [5.74, 6) is -2.05. The van der Waals surface area contributed by atoms with E-state index in [-0.39, 0.29) is 56.6 Å². The molecule has 3 amide bonds. The van der Waals surface area contributed by atoms with Gasteiger partial charge in [0.05, 0.1) is 38.4 Å². The minimum atomic E-state index is -1.13. The molecule has 0 aliphatic rings. The summed E-state index contributed by atoms with van der Waals surface area (Å²) in [5, 5.41) is 17.2. The Morgan fingerprint density at radius 2 is 1.39 bits per heavy atom. The maximum Gasteiger partial charge on any atom is 0.326 e. The average Bonchev–Trinajstić information content (AvgIpc) is 2.79. The van der Waals surface area contributed by atoms with Crippen LogP contribution in [0, 0.1) is 0 Å². The zero-order valence-electron chi connectivity index (χ0n) is 19.1. The molecule has 0 aromatic rings. The van der Waals surface area contributed by atoms with Crippen molar-refractivity contribution in [3.63, 3.8) is 0 Å². The Morgan fingerprint density at radius 1 is 0.788 bits per heavy atom. The number of hydrogen-bond acceptors (Lipinski definition) is 8. The summed E-state index contributed by atoms with van der Waals surface area (Å²) in [6, 6.07) is -1.02. The van der Waals surface area contributed by atoms with Crippen molar-refractivity contribution in [3.05, 3.63) is 0 Å². The van der Waals surface area contributed by atoms with Crippen LogP contribution in [0.2, 0.25) is 0 Å². The molecule has 0 aromatic carbocycles. The molecule has 192 valence electrons. The predicted octanol–water partition coefficient (Wildman–Crippen LogP) is -0.560. The van der Waals surface area contributed by atoms with Gasteiger partial charge in [-0.1, -0.05) is 15.9 Å². The largest absolute Gasteiger partial charge is 0.480 e. The summed E-state index contributed by atoms with van der Waals surface area (Å²) in [6.45, 7) is 4.34. The topological polar surface area (TPSA) is 162 Å². The second kappa shape index (κ2) is 22.0. The quantitative estimate of drug-likeness (QED) is 0.104. The third-order valence-electron chi connectivity index (χ3n) is 3.98. The summed E-state index contributed by atoms with van der Waals surface area (Å²) in [5.41, 5.74) is 0. The Morgan fingerprint density at radius 3 is 2.03 bits per heavy atom. The zero-order valence-corrected chi connectivity index (χ0v) is 20.7. The van der Waals surface area contributed by atoms with Crippen molar-refractivity contribution >= 4 is 39.6 Å². The molecule has 1 atom stereocenters. The number of carboxylic acids is 1. The summed E-state index contributed by atoms with van der Waals surface area (Å²) >= 11 is 3.03. The van der Waals surface area contributed by atoms with E-state index in [1.165, 1.54) is 0 Å². The van der Waals surface area contributed by atoms with E-state index >= 15 is 0 Å². The highest BCUT2D eigenvalue weighted by Gasteiger charge is 2.19. The average molecular weight is 542 g/mol. The van der Waals surface area contributed by atoms with E-state index in [4.69, 9.17) is 18.9 Å². The van der Waals surface area contributed by atoms with Gasteiger partial charge in [0.1, 0.15) is 19.3 Å². The molecule has 0 heterocycles. The van der Waals surface area contributed by atoms with Crippen molar-refractivity contribution in [1.29, 1.82) is 0 Å². The van der Waals surface area contributed by atoms with Crippen molar-refractivity contribution < 1.29 is 43.2 Å². The molecule has 0 bridgehead atoms. The van der Waals surface area contributed by atoms with Gasteiger partial charge in [0, 0.05) is 19.7 Å². The number of nitrogens with one attached hydrogen (secondary N) is 3. The fourth-order valence-corrected chi connectivity index (χ4v) is 2.57. The second-order valence-corrected chi connectivity index (χ2v) is 7.26. The number of amides is 3. The molecule has 0 saturated heterocycles. The Kier molecular flexibility index (Phi) is 20.8. The van der Waals surface area contributed by atoms with Crippen molar-refractivity contribution in [2.45, 2.75) is 32.2 Å². The lowest BCUT2D eigenvalue weighted by atomic mass is 10.1. The van der Waals surface area contributed by atoms with E-state index in [9.17, 15) is 24.3 Å². The highest BCUT2D eigenvalue weighted by molar-refractivity contribution is 9.09. The molecule has 0 radical (unpaired) electrons. The van der Waals surface area contributed by atoms with Crippen LogP contribution in [0.3, 0.4) is 0 Å². The van der Waals surface area contributed by atoms with Crippen molar-refractivity contribution in [2.24, 2.45) is 0 Å². The molecule has 12 nitrogen and oxygen atoms in total. The van der Waals surface area contributed by atoms with Gasteiger partial charge in [-0.3, -0.25) is 14.4 Å². The molecular weight excluding hydrogens is 506 g/mol. The molecule has 0 aromatic heterocycles. The first kappa shape index (κ1) is 31.2. The Labute approximate surface area is 202 Å². The molecule has 0 spiro atoms. The number of unbranched alkanes of at least 4 members (excludes halogenated alkanes) is 1. The van der Waals surface area contributed by atoms with Gasteiger partial charge < -0.3 is 40.0 Å². The van der Waals surface area contributed by atoms with Gasteiger partial charge in [0.25, 0.3) is 0 Å². The van der Waals surface area contributed by atoms with Crippen LogP contribution in [0.5, 0.6) is 0 Å². The summed E-state index contributed by atoms with van der Waals surface area (Å²) < 4.78 is 20.7.